The summed E-state index contributed by atoms with van der Waals surface area (Å²) in [5.41, 5.74) is 6.89. The van der Waals surface area contributed by atoms with Gasteiger partial charge < -0.3 is 0 Å². The minimum Gasteiger partial charge on any atom is -0.0985 e. The van der Waals surface area contributed by atoms with E-state index in [2.05, 4.69) is 79.4 Å². The molecule has 1 heteroatoms. The molecule has 2 aromatic rings. The van der Waals surface area contributed by atoms with Crippen LogP contribution < -0.4 is 0 Å². The summed E-state index contributed by atoms with van der Waals surface area (Å²) in [4.78, 5) is 0. The van der Waals surface area contributed by atoms with Crippen LogP contribution in [0.1, 0.15) is 30.5 Å². The first-order valence-electron chi connectivity index (χ1n) is 6.11. The summed E-state index contributed by atoms with van der Waals surface area (Å²) in [6.07, 6.45) is 1.92. The van der Waals surface area contributed by atoms with E-state index in [1.54, 1.807) is 0 Å². The first kappa shape index (κ1) is 12.0. The number of fused-ring (bicyclic) bond motifs is 3. The van der Waals surface area contributed by atoms with Crippen LogP contribution in [0.15, 0.2) is 43.0 Å². The summed E-state index contributed by atoms with van der Waals surface area (Å²) >= 11 is 2.39. The molecule has 3 rings (SSSR count). The van der Waals surface area contributed by atoms with Crippen LogP contribution in [0.2, 0.25) is 0 Å². The van der Waals surface area contributed by atoms with Crippen molar-refractivity contribution in [2.24, 2.45) is 0 Å². The molecule has 0 fully saturated rings. The van der Waals surface area contributed by atoms with Gasteiger partial charge in [-0.15, -0.1) is 0 Å². The van der Waals surface area contributed by atoms with Gasteiger partial charge in [0.2, 0.25) is 0 Å². The Labute approximate surface area is 122 Å². The van der Waals surface area contributed by atoms with Crippen LogP contribution in [-0.4, -0.2) is 0 Å². The third-order valence-electron chi connectivity index (χ3n) is 3.90. The Kier molecular flexibility index (Phi) is 2.63. The van der Waals surface area contributed by atoms with Crippen molar-refractivity contribution in [3.8, 4) is 11.1 Å². The lowest BCUT2D eigenvalue weighted by Crippen LogP contribution is -2.15. The number of benzene rings is 2. The Bertz CT molecular complexity index is 651. The second-order valence-electron chi connectivity index (χ2n) is 5.32. The monoisotopic (exact) mass is 346 g/mol. The maximum atomic E-state index is 3.87. The van der Waals surface area contributed by atoms with E-state index in [0.717, 1.165) is 0 Å². The molecule has 1 aliphatic carbocycles. The van der Waals surface area contributed by atoms with Crippen LogP contribution in [0.3, 0.4) is 0 Å². The molecule has 0 saturated carbocycles. The largest absolute Gasteiger partial charge is 0.0985 e. The van der Waals surface area contributed by atoms with E-state index >= 15 is 0 Å². The summed E-state index contributed by atoms with van der Waals surface area (Å²) in [6.45, 7) is 8.48. The van der Waals surface area contributed by atoms with Crippen molar-refractivity contribution < 1.29 is 0 Å². The van der Waals surface area contributed by atoms with Gasteiger partial charge in [0.1, 0.15) is 0 Å². The summed E-state index contributed by atoms with van der Waals surface area (Å²) in [6, 6.07) is 13.4. The number of halogens is 1. The van der Waals surface area contributed by atoms with Crippen LogP contribution in [0.25, 0.3) is 17.2 Å². The lowest BCUT2D eigenvalue weighted by atomic mass is 9.82. The molecule has 0 N–H and O–H groups in total. The first-order chi connectivity index (χ1) is 8.54. The topological polar surface area (TPSA) is 0 Å². The van der Waals surface area contributed by atoms with Gasteiger partial charge in [0.15, 0.2) is 0 Å². The van der Waals surface area contributed by atoms with Crippen molar-refractivity contribution in [2.75, 3.05) is 0 Å². The normalized spacial score (nSPS) is 15.1. The number of hydrogen-bond donors (Lipinski definition) is 0. The molecule has 18 heavy (non-hydrogen) atoms. The van der Waals surface area contributed by atoms with E-state index in [1.807, 2.05) is 6.08 Å². The predicted octanol–water partition coefficient (Wildman–Crippen LogP) is 5.24. The molecule has 0 saturated heterocycles. The van der Waals surface area contributed by atoms with Crippen molar-refractivity contribution in [3.05, 3.63) is 63.2 Å². The van der Waals surface area contributed by atoms with Gasteiger partial charge in [0.05, 0.1) is 0 Å². The highest BCUT2D eigenvalue weighted by Crippen LogP contribution is 2.49. The lowest BCUT2D eigenvalue weighted by molar-refractivity contribution is 0.660. The van der Waals surface area contributed by atoms with Gasteiger partial charge in [-0.05, 0) is 62.5 Å². The Morgan fingerprint density at radius 2 is 1.61 bits per heavy atom. The van der Waals surface area contributed by atoms with E-state index in [4.69, 9.17) is 0 Å². The Morgan fingerprint density at radius 1 is 1.00 bits per heavy atom. The van der Waals surface area contributed by atoms with Crippen LogP contribution in [0, 0.1) is 3.57 Å². The maximum absolute atomic E-state index is 3.87. The molecule has 1 aliphatic rings. The van der Waals surface area contributed by atoms with Gasteiger partial charge in [-0.25, -0.2) is 0 Å². The van der Waals surface area contributed by atoms with Crippen LogP contribution in [-0.2, 0) is 5.41 Å². The molecule has 0 nitrogen and oxygen atoms in total. The first-order valence-corrected chi connectivity index (χ1v) is 7.19. The summed E-state index contributed by atoms with van der Waals surface area (Å²) in [7, 11) is 0. The van der Waals surface area contributed by atoms with Gasteiger partial charge >= 0.3 is 0 Å². The molecule has 0 aliphatic heterocycles. The Hall–Kier alpha value is -1.09. The van der Waals surface area contributed by atoms with Crippen LogP contribution >= 0.6 is 22.6 Å². The highest BCUT2D eigenvalue weighted by Gasteiger charge is 2.35. The average molecular weight is 346 g/mol. The van der Waals surface area contributed by atoms with E-state index < -0.39 is 0 Å². The molecule has 0 amide bonds. The summed E-state index contributed by atoms with van der Waals surface area (Å²) < 4.78 is 1.30. The maximum Gasteiger partial charge on any atom is 0.0159 e. The molecule has 2 aromatic carbocycles. The Balaban J connectivity index is 2.34. The van der Waals surface area contributed by atoms with E-state index in [-0.39, 0.29) is 5.41 Å². The highest BCUT2D eigenvalue weighted by atomic mass is 127. The van der Waals surface area contributed by atoms with Crippen molar-refractivity contribution in [2.45, 2.75) is 19.3 Å². The zero-order chi connectivity index (χ0) is 12.9. The van der Waals surface area contributed by atoms with Crippen molar-refractivity contribution in [1.82, 2.24) is 0 Å². The van der Waals surface area contributed by atoms with E-state index in [9.17, 15) is 0 Å². The summed E-state index contributed by atoms with van der Waals surface area (Å²) in [5, 5.41) is 0. The quantitative estimate of drug-likeness (QED) is 0.620. The zero-order valence-corrected chi connectivity index (χ0v) is 12.8. The Morgan fingerprint density at radius 3 is 2.28 bits per heavy atom. The fourth-order valence-corrected chi connectivity index (χ4v) is 3.35. The molecule has 0 heterocycles. The number of hydrogen-bond acceptors (Lipinski definition) is 0. The molecular weight excluding hydrogens is 331 g/mol. The molecule has 0 atom stereocenters. The predicted molar refractivity (Wildman–Crippen MR) is 86.8 cm³/mol. The molecule has 90 valence electrons. The minimum absolute atomic E-state index is 0.0882. The second-order valence-corrected chi connectivity index (χ2v) is 6.57. The molecule has 0 unspecified atom stereocenters. The molecule has 0 aromatic heterocycles. The third kappa shape index (κ3) is 1.57. The fourth-order valence-electron chi connectivity index (χ4n) is 2.85. The number of rotatable bonds is 1. The molecule has 0 bridgehead atoms. The molecule has 0 spiro atoms. The molecule has 0 radical (unpaired) electrons. The van der Waals surface area contributed by atoms with Gasteiger partial charge in [-0.2, -0.15) is 0 Å². The lowest BCUT2D eigenvalue weighted by Gasteiger charge is -2.21. The van der Waals surface area contributed by atoms with Crippen molar-refractivity contribution >= 4 is 28.7 Å². The second kappa shape index (κ2) is 3.95. The fraction of sp³-hybridized carbons (Fsp3) is 0.176. The minimum atomic E-state index is 0.0882. The van der Waals surface area contributed by atoms with Gasteiger partial charge in [-0.3, -0.25) is 0 Å². The standard InChI is InChI=1S/C17H15I/c1-4-11-5-7-13-14-8-6-12(18)10-16(14)17(2,3)15(13)9-11/h4-10H,1H2,2-3H3. The highest BCUT2D eigenvalue weighted by molar-refractivity contribution is 14.1. The van der Waals surface area contributed by atoms with E-state index in [0.29, 0.717) is 0 Å². The van der Waals surface area contributed by atoms with Crippen molar-refractivity contribution in [3.63, 3.8) is 0 Å². The van der Waals surface area contributed by atoms with E-state index in [1.165, 1.54) is 31.4 Å². The third-order valence-corrected chi connectivity index (χ3v) is 4.57. The SMILES string of the molecule is C=Cc1ccc2c(c1)C(C)(C)c1cc(I)ccc1-2. The average Bonchev–Trinajstić information content (AvgIpc) is 2.58. The zero-order valence-electron chi connectivity index (χ0n) is 10.6. The van der Waals surface area contributed by atoms with Crippen molar-refractivity contribution in [1.29, 1.82) is 0 Å². The van der Waals surface area contributed by atoms with Crippen LogP contribution in [0.4, 0.5) is 0 Å². The van der Waals surface area contributed by atoms with Gasteiger partial charge in [-0.1, -0.05) is 50.8 Å². The molecular formula is C17H15I. The van der Waals surface area contributed by atoms with Gasteiger partial charge in [0.25, 0.3) is 0 Å². The van der Waals surface area contributed by atoms with Gasteiger partial charge in [0, 0.05) is 8.99 Å². The van der Waals surface area contributed by atoms with Crippen LogP contribution in [0.5, 0.6) is 0 Å². The summed E-state index contributed by atoms with van der Waals surface area (Å²) in [5.74, 6) is 0. The smallest absolute Gasteiger partial charge is 0.0159 e.